The monoisotopic (exact) mass is 400 g/mol. The van der Waals surface area contributed by atoms with Crippen LogP contribution in [0.4, 0.5) is 8.78 Å². The van der Waals surface area contributed by atoms with E-state index in [2.05, 4.69) is 5.32 Å². The predicted octanol–water partition coefficient (Wildman–Crippen LogP) is 4.70. The average Bonchev–Trinajstić information content (AvgIpc) is 2.39. The smallest absolute Gasteiger partial charge is 0.258 e. The molecule has 9 heteroatoms. The molecule has 0 amide bonds. The number of nitrogens with zero attached hydrogens (tertiary/aromatic N) is 1. The van der Waals surface area contributed by atoms with Gasteiger partial charge in [-0.15, -0.1) is 24.8 Å². The van der Waals surface area contributed by atoms with Crippen molar-refractivity contribution in [3.8, 4) is 0 Å². The van der Waals surface area contributed by atoms with E-state index in [-0.39, 0.29) is 45.4 Å². The molecule has 1 aromatic carbocycles. The topological polar surface area (TPSA) is 15.3 Å². The summed E-state index contributed by atoms with van der Waals surface area (Å²) < 4.78 is 26.9. The van der Waals surface area contributed by atoms with Gasteiger partial charge in [0.2, 0.25) is 0 Å². The molecule has 0 radical (unpaired) electrons. The van der Waals surface area contributed by atoms with Gasteiger partial charge in [-0.3, -0.25) is 4.90 Å². The fraction of sp³-hybridized carbons (Fsp3) is 0.500. The van der Waals surface area contributed by atoms with Crippen LogP contribution in [0.25, 0.3) is 0 Å². The van der Waals surface area contributed by atoms with Gasteiger partial charge in [0.05, 0.1) is 16.1 Å². The molecule has 21 heavy (non-hydrogen) atoms. The van der Waals surface area contributed by atoms with Crippen molar-refractivity contribution < 1.29 is 8.78 Å². The Hall–Kier alpha value is 0.450. The molecule has 1 saturated heterocycles. The number of piperazine rings is 1. The second kappa shape index (κ2) is 9.56. The average molecular weight is 403 g/mol. The lowest BCUT2D eigenvalue weighted by Gasteiger charge is -2.35. The molecule has 1 aliphatic rings. The summed E-state index contributed by atoms with van der Waals surface area (Å²) in [5.74, 6) is 0. The number of benzene rings is 1. The summed E-state index contributed by atoms with van der Waals surface area (Å²) >= 11 is 18.0. The van der Waals surface area contributed by atoms with Gasteiger partial charge in [-0.2, -0.15) is 0 Å². The number of halogens is 7. The molecule has 1 fully saturated rings. The molecule has 1 atom stereocenters. The van der Waals surface area contributed by atoms with Gasteiger partial charge in [-0.25, -0.2) is 8.78 Å². The summed E-state index contributed by atoms with van der Waals surface area (Å²) in [5, 5.41) is 3.69. The summed E-state index contributed by atoms with van der Waals surface area (Å²) in [4.78, 5) is 1.69. The highest BCUT2D eigenvalue weighted by Crippen LogP contribution is 2.40. The van der Waals surface area contributed by atoms with Crippen molar-refractivity contribution in [3.63, 3.8) is 0 Å². The van der Waals surface area contributed by atoms with Crippen LogP contribution in [0.1, 0.15) is 11.6 Å². The first-order chi connectivity index (χ1) is 9.02. The first kappa shape index (κ1) is 21.4. The SMILES string of the molecule is Cl.Cl.FC(F)[C@@H](c1c(Cl)ccc(Cl)c1Cl)N1CCNCC1. The first-order valence-corrected chi connectivity index (χ1v) is 7.02. The second-order valence-corrected chi connectivity index (χ2v) is 5.51. The van der Waals surface area contributed by atoms with Crippen molar-refractivity contribution in [2.45, 2.75) is 12.5 Å². The molecule has 1 aliphatic heterocycles. The molecule has 2 rings (SSSR count). The summed E-state index contributed by atoms with van der Waals surface area (Å²) in [6.45, 7) is 2.38. The number of rotatable bonds is 3. The van der Waals surface area contributed by atoms with E-state index in [9.17, 15) is 8.78 Å². The van der Waals surface area contributed by atoms with Crippen molar-refractivity contribution in [3.05, 3.63) is 32.8 Å². The molecule has 0 aromatic heterocycles. The van der Waals surface area contributed by atoms with Crippen LogP contribution >= 0.6 is 59.6 Å². The van der Waals surface area contributed by atoms with E-state index in [1.54, 1.807) is 4.90 Å². The lowest BCUT2D eigenvalue weighted by molar-refractivity contribution is 0.0183. The van der Waals surface area contributed by atoms with Crippen LogP contribution in [0.3, 0.4) is 0 Å². The van der Waals surface area contributed by atoms with E-state index in [0.717, 1.165) is 0 Å². The van der Waals surface area contributed by atoms with Gasteiger partial charge in [0.25, 0.3) is 6.43 Å². The van der Waals surface area contributed by atoms with Crippen molar-refractivity contribution in [2.24, 2.45) is 0 Å². The zero-order valence-corrected chi connectivity index (χ0v) is 14.7. The van der Waals surface area contributed by atoms with Crippen LogP contribution in [-0.2, 0) is 0 Å². The van der Waals surface area contributed by atoms with Crippen LogP contribution < -0.4 is 5.32 Å². The van der Waals surface area contributed by atoms with Gasteiger partial charge in [0.15, 0.2) is 0 Å². The molecule has 0 spiro atoms. The van der Waals surface area contributed by atoms with Crippen LogP contribution in [0, 0.1) is 0 Å². The Balaban J connectivity index is 0.00000200. The van der Waals surface area contributed by atoms with Gasteiger partial charge in [-0.05, 0) is 12.1 Å². The summed E-state index contributed by atoms with van der Waals surface area (Å²) in [6, 6.07) is 1.89. The summed E-state index contributed by atoms with van der Waals surface area (Å²) in [6.07, 6.45) is -2.58. The second-order valence-electron chi connectivity index (χ2n) is 4.32. The Morgan fingerprint density at radius 1 is 1.00 bits per heavy atom. The molecule has 0 bridgehead atoms. The predicted molar refractivity (Wildman–Crippen MR) is 89.2 cm³/mol. The van der Waals surface area contributed by atoms with E-state index in [4.69, 9.17) is 34.8 Å². The zero-order chi connectivity index (χ0) is 14.0. The van der Waals surface area contributed by atoms with Gasteiger partial charge < -0.3 is 5.32 Å². The van der Waals surface area contributed by atoms with Crippen molar-refractivity contribution in [2.75, 3.05) is 26.2 Å². The lowest BCUT2D eigenvalue weighted by Crippen LogP contribution is -2.47. The maximum atomic E-state index is 13.4. The van der Waals surface area contributed by atoms with Crippen molar-refractivity contribution in [1.82, 2.24) is 10.2 Å². The largest absolute Gasteiger partial charge is 0.314 e. The molecule has 0 aliphatic carbocycles. The van der Waals surface area contributed by atoms with Crippen LogP contribution in [-0.4, -0.2) is 37.5 Å². The maximum Gasteiger partial charge on any atom is 0.258 e. The third-order valence-electron chi connectivity index (χ3n) is 3.16. The van der Waals surface area contributed by atoms with Crippen molar-refractivity contribution >= 4 is 59.6 Å². The van der Waals surface area contributed by atoms with Crippen LogP contribution in [0.5, 0.6) is 0 Å². The van der Waals surface area contributed by atoms with E-state index in [0.29, 0.717) is 26.2 Å². The molecule has 2 nitrogen and oxygen atoms in total. The standard InChI is InChI=1S/C12H13Cl3F2N2.2ClH/c13-7-1-2-8(14)10(15)9(7)11(12(16)17)19-5-3-18-4-6-19;;/h1-2,11-12,18H,3-6H2;2*1H/t11-;;/m1../s1. The van der Waals surface area contributed by atoms with Gasteiger partial charge in [0, 0.05) is 36.8 Å². The molecule has 122 valence electrons. The highest BCUT2D eigenvalue weighted by Gasteiger charge is 2.33. The normalized spacial score (nSPS) is 17.0. The fourth-order valence-corrected chi connectivity index (χ4v) is 3.00. The Labute approximate surface area is 149 Å². The molecule has 1 N–H and O–H groups in total. The maximum absolute atomic E-state index is 13.4. The quantitative estimate of drug-likeness (QED) is 0.737. The number of hydrogen-bond donors (Lipinski definition) is 1. The molecule has 0 saturated carbocycles. The molecule has 0 unspecified atom stereocenters. The van der Waals surface area contributed by atoms with E-state index < -0.39 is 12.5 Å². The zero-order valence-electron chi connectivity index (χ0n) is 10.8. The minimum absolute atomic E-state index is 0. The molecule has 1 heterocycles. The van der Waals surface area contributed by atoms with Gasteiger partial charge >= 0.3 is 0 Å². The van der Waals surface area contributed by atoms with Gasteiger partial charge in [0.1, 0.15) is 0 Å². The van der Waals surface area contributed by atoms with Crippen LogP contribution in [0.15, 0.2) is 12.1 Å². The van der Waals surface area contributed by atoms with E-state index in [1.165, 1.54) is 12.1 Å². The minimum Gasteiger partial charge on any atom is -0.314 e. The first-order valence-electron chi connectivity index (χ1n) is 5.88. The Kier molecular flexibility index (Phi) is 9.76. The number of nitrogens with one attached hydrogen (secondary N) is 1. The minimum atomic E-state index is -2.58. The van der Waals surface area contributed by atoms with E-state index >= 15 is 0 Å². The Morgan fingerprint density at radius 3 is 2.05 bits per heavy atom. The van der Waals surface area contributed by atoms with Crippen molar-refractivity contribution in [1.29, 1.82) is 0 Å². The summed E-state index contributed by atoms with van der Waals surface area (Å²) in [5.41, 5.74) is 0.215. The number of alkyl halides is 2. The van der Waals surface area contributed by atoms with Crippen LogP contribution in [0.2, 0.25) is 15.1 Å². The van der Waals surface area contributed by atoms with Gasteiger partial charge in [-0.1, -0.05) is 34.8 Å². The third-order valence-corrected chi connectivity index (χ3v) is 4.31. The summed E-state index contributed by atoms with van der Waals surface area (Å²) in [7, 11) is 0. The number of hydrogen-bond acceptors (Lipinski definition) is 2. The van der Waals surface area contributed by atoms with E-state index in [1.807, 2.05) is 0 Å². The Morgan fingerprint density at radius 2 is 1.52 bits per heavy atom. The lowest BCUT2D eigenvalue weighted by atomic mass is 10.0. The molecular weight excluding hydrogens is 387 g/mol. The molecule has 1 aromatic rings. The third kappa shape index (κ3) is 4.96. The Bertz CT molecular complexity index is 456. The highest BCUT2D eigenvalue weighted by molar-refractivity contribution is 6.44. The molecular formula is C12H15Cl5F2N2. The fourth-order valence-electron chi connectivity index (χ4n) is 2.24. The highest BCUT2D eigenvalue weighted by atomic mass is 35.5.